The van der Waals surface area contributed by atoms with E-state index in [2.05, 4.69) is 45.0 Å². The summed E-state index contributed by atoms with van der Waals surface area (Å²) in [6.07, 6.45) is -52.8. The molecule has 0 saturated heterocycles. The summed E-state index contributed by atoms with van der Waals surface area (Å²) in [6, 6.07) is 11.4. The van der Waals surface area contributed by atoms with Crippen molar-refractivity contribution >= 4 is 44.7 Å². The Morgan fingerprint density at radius 3 is 0.875 bits per heavy atom. The minimum Gasteiger partial charge on any atom is -0.287 e. The summed E-state index contributed by atoms with van der Waals surface area (Å²) in [5.74, 6) is 0.131. The summed E-state index contributed by atoms with van der Waals surface area (Å²) in [5.41, 5.74) is -27.0. The number of para-hydroxylation sites is 1. The van der Waals surface area contributed by atoms with Crippen LogP contribution in [0.4, 0.5) is 105 Å². The Kier molecular flexibility index (Phi) is 16.3. The number of benzene rings is 6. The highest BCUT2D eigenvalue weighted by molar-refractivity contribution is 7.20. The number of nitrogens with zero attached hydrogens (tertiary/aromatic N) is 1. The van der Waals surface area contributed by atoms with Gasteiger partial charge in [0.05, 0.1) is 44.5 Å². The standard InChI is InChI=1S/C32H12BF24.C21H22NO/c34-25(35,36)13-1-14(26(37,38)39)6-21(5-13)33(22-7-15(27(40,41)42)2-16(8-22)28(43,44)45,23-9-17(29(46,47)48)3-18(10-23)30(49,50)51)24-11-19(31(52,53)54)4-20(12-24)32(55,56)57;1-21(2,3)18-12-10-17(11-13-18)20(23)15-22-14-6-8-16-7-4-5-9-19(16)22/h1-12H;4-14H,15H2,1-3H3/q-1;+1. The molecule has 0 fully saturated rings. The Morgan fingerprint density at radius 1 is 0.350 bits per heavy atom. The quantitative estimate of drug-likeness (QED) is 0.0674. The maximum atomic E-state index is 14.2. The van der Waals surface area contributed by atoms with Gasteiger partial charge >= 0.3 is 49.4 Å². The number of pyridine rings is 1. The summed E-state index contributed by atoms with van der Waals surface area (Å²) in [5, 5.41) is 1.14. The van der Waals surface area contributed by atoms with Crippen LogP contribution in [0.15, 0.2) is 140 Å². The largest absolute Gasteiger partial charge is 0.416 e. The Bertz CT molecular complexity index is 2960. The molecule has 0 bridgehead atoms. The molecule has 0 aliphatic heterocycles. The molecule has 0 unspecified atom stereocenters. The summed E-state index contributed by atoms with van der Waals surface area (Å²) in [4.78, 5) is 12.6. The number of alkyl halides is 24. The van der Waals surface area contributed by atoms with Crippen LogP contribution in [0.25, 0.3) is 10.9 Å². The number of aromatic nitrogens is 1. The lowest BCUT2D eigenvalue weighted by Crippen LogP contribution is -2.75. The number of carbonyl (C=O) groups is 1. The lowest BCUT2D eigenvalue weighted by molar-refractivity contribution is -0.657. The first kappa shape index (κ1) is 62.0. The van der Waals surface area contributed by atoms with E-state index in [-0.39, 0.29) is 11.2 Å². The summed E-state index contributed by atoms with van der Waals surface area (Å²) in [7, 11) is 0. The van der Waals surface area contributed by atoms with Crippen molar-refractivity contribution in [3.63, 3.8) is 0 Å². The molecule has 0 saturated carbocycles. The van der Waals surface area contributed by atoms with Crippen LogP contribution in [0.5, 0.6) is 0 Å². The molecule has 428 valence electrons. The number of ketones is 1. The van der Waals surface area contributed by atoms with Crippen molar-refractivity contribution in [2.24, 2.45) is 0 Å². The SMILES string of the molecule is CC(C)(C)c1ccc(C(=O)C[n+]2cccc3ccccc32)cc1.FC(F)(F)c1cc([B-](c2cc(C(F)(F)F)cc(C(F)(F)F)c2)(c2cc(C(F)(F)F)cc(C(F)(F)F)c2)c2cc(C(F)(F)F)cc(C(F)(F)F)c2)cc(C(F)(F)F)c1. The number of rotatable bonds is 7. The van der Waals surface area contributed by atoms with Gasteiger partial charge in [0.2, 0.25) is 17.8 Å². The maximum absolute atomic E-state index is 14.2. The van der Waals surface area contributed by atoms with Crippen LogP contribution >= 0.6 is 0 Å². The predicted octanol–water partition coefficient (Wildman–Crippen LogP) is 15.5. The zero-order valence-corrected chi connectivity index (χ0v) is 40.5. The molecule has 27 heteroatoms. The van der Waals surface area contributed by atoms with Gasteiger partial charge in [0, 0.05) is 23.1 Å². The number of Topliss-reactive ketones (excluding diaryl/α,β-unsaturated/α-hetero) is 1. The second-order valence-electron chi connectivity index (χ2n) is 19.2. The van der Waals surface area contributed by atoms with E-state index in [1.54, 1.807) is 0 Å². The van der Waals surface area contributed by atoms with Crippen molar-refractivity contribution in [3.05, 3.63) is 195 Å². The van der Waals surface area contributed by atoms with Crippen LogP contribution in [0.1, 0.15) is 81.2 Å². The predicted molar refractivity (Wildman–Crippen MR) is 244 cm³/mol. The lowest BCUT2D eigenvalue weighted by atomic mass is 9.12. The average Bonchev–Trinajstić information content (AvgIpc) is 3.32. The molecule has 0 aliphatic rings. The van der Waals surface area contributed by atoms with Crippen molar-refractivity contribution in [1.29, 1.82) is 0 Å². The van der Waals surface area contributed by atoms with E-state index < -0.39 is 195 Å². The van der Waals surface area contributed by atoms with Crippen LogP contribution in [-0.2, 0) is 61.4 Å². The second-order valence-corrected chi connectivity index (χ2v) is 19.2. The monoisotopic (exact) mass is 1170 g/mol. The number of carbonyl (C=O) groups excluding carboxylic acids is 1. The minimum atomic E-state index is -6.13. The van der Waals surface area contributed by atoms with Gasteiger partial charge in [0.1, 0.15) is 6.15 Å². The number of fused-ring (bicyclic) bond motifs is 1. The fourth-order valence-corrected chi connectivity index (χ4v) is 8.83. The first-order valence-electron chi connectivity index (χ1n) is 22.6. The fraction of sp³-hybridized carbons (Fsp3) is 0.245. The van der Waals surface area contributed by atoms with E-state index in [9.17, 15) is 110 Å². The first-order chi connectivity index (χ1) is 36.2. The fourth-order valence-electron chi connectivity index (χ4n) is 8.83. The van der Waals surface area contributed by atoms with Gasteiger partial charge in [0.25, 0.3) is 0 Å². The van der Waals surface area contributed by atoms with Gasteiger partial charge in [0.15, 0.2) is 6.20 Å². The second kappa shape index (κ2) is 21.0. The highest BCUT2D eigenvalue weighted by Crippen LogP contribution is 2.41. The molecular weight excluding hydrogens is 1130 g/mol. The summed E-state index contributed by atoms with van der Waals surface area (Å²) in [6.45, 7) is 6.89. The highest BCUT2D eigenvalue weighted by Gasteiger charge is 2.47. The van der Waals surface area contributed by atoms with E-state index in [0.29, 0.717) is 6.54 Å². The molecule has 2 nitrogen and oxygen atoms in total. The topological polar surface area (TPSA) is 20.9 Å². The molecule has 7 aromatic rings. The van der Waals surface area contributed by atoms with E-state index in [1.165, 1.54) is 5.56 Å². The van der Waals surface area contributed by atoms with E-state index in [1.807, 2.05) is 47.2 Å². The van der Waals surface area contributed by atoms with Gasteiger partial charge < -0.3 is 0 Å². The molecule has 0 aliphatic carbocycles. The first-order valence-corrected chi connectivity index (χ1v) is 22.6. The van der Waals surface area contributed by atoms with Crippen LogP contribution < -0.4 is 26.4 Å². The average molecular weight is 1170 g/mol. The number of hydrogen-bond acceptors (Lipinski definition) is 1. The van der Waals surface area contributed by atoms with Crippen molar-refractivity contribution in [2.45, 2.75) is 82.1 Å². The summed E-state index contributed by atoms with van der Waals surface area (Å²) >= 11 is 0. The normalized spacial score (nSPS) is 13.5. The Morgan fingerprint density at radius 2 is 0.613 bits per heavy atom. The summed E-state index contributed by atoms with van der Waals surface area (Å²) < 4.78 is 343. The van der Waals surface area contributed by atoms with Gasteiger partial charge in [-0.2, -0.15) is 132 Å². The van der Waals surface area contributed by atoms with Crippen LogP contribution in [0, 0.1) is 0 Å². The van der Waals surface area contributed by atoms with E-state index in [0.717, 1.165) is 16.5 Å². The molecule has 0 amide bonds. The maximum Gasteiger partial charge on any atom is 0.416 e. The number of halogens is 24. The van der Waals surface area contributed by atoms with Crippen molar-refractivity contribution in [1.82, 2.24) is 0 Å². The Balaban J connectivity index is 0.000000370. The molecule has 0 N–H and O–H groups in total. The van der Waals surface area contributed by atoms with Crippen LogP contribution in [0.2, 0.25) is 0 Å². The van der Waals surface area contributed by atoms with Gasteiger partial charge in [-0.05, 0) is 47.4 Å². The van der Waals surface area contributed by atoms with Gasteiger partial charge in [-0.25, -0.2) is 0 Å². The lowest BCUT2D eigenvalue weighted by Gasteiger charge is -2.46. The van der Waals surface area contributed by atoms with Crippen molar-refractivity contribution in [3.8, 4) is 0 Å². The number of hydrogen-bond donors (Lipinski definition) is 0. The zero-order chi connectivity index (χ0) is 60.4. The van der Waals surface area contributed by atoms with Gasteiger partial charge in [-0.15, -0.1) is 0 Å². The van der Waals surface area contributed by atoms with Crippen molar-refractivity contribution in [2.75, 3.05) is 0 Å². The molecule has 1 aromatic heterocycles. The van der Waals surface area contributed by atoms with E-state index >= 15 is 0 Å². The Labute approximate surface area is 436 Å². The molecule has 7 rings (SSSR count). The molecule has 6 aromatic carbocycles. The minimum absolute atomic E-state index is 0.103. The molecular formula is C53H34BF24NO. The molecule has 0 spiro atoms. The van der Waals surface area contributed by atoms with Crippen LogP contribution in [-0.4, -0.2) is 11.9 Å². The molecule has 0 atom stereocenters. The Hall–Kier alpha value is -7.22. The smallest absolute Gasteiger partial charge is 0.287 e. The van der Waals surface area contributed by atoms with E-state index in [4.69, 9.17) is 0 Å². The third-order valence-corrected chi connectivity index (χ3v) is 12.6. The van der Waals surface area contributed by atoms with Crippen LogP contribution in [0.3, 0.4) is 0 Å². The van der Waals surface area contributed by atoms with Crippen molar-refractivity contribution < 1.29 is 115 Å². The van der Waals surface area contributed by atoms with Gasteiger partial charge in [-0.3, -0.25) is 4.79 Å². The third-order valence-electron chi connectivity index (χ3n) is 12.6. The third kappa shape index (κ3) is 13.8. The molecule has 1 heterocycles. The zero-order valence-electron chi connectivity index (χ0n) is 40.5. The molecule has 80 heavy (non-hydrogen) atoms. The molecule has 0 radical (unpaired) electrons. The highest BCUT2D eigenvalue weighted by atomic mass is 19.4. The van der Waals surface area contributed by atoms with Gasteiger partial charge in [-0.1, -0.05) is 106 Å².